The highest BCUT2D eigenvalue weighted by molar-refractivity contribution is 5.87. The van der Waals surface area contributed by atoms with Gasteiger partial charge in [0.1, 0.15) is 0 Å². The molecule has 0 atom stereocenters. The van der Waals surface area contributed by atoms with Gasteiger partial charge in [-0.3, -0.25) is 4.90 Å². The van der Waals surface area contributed by atoms with Crippen LogP contribution in [0, 0.1) is 11.3 Å². The molecule has 0 radical (unpaired) electrons. The molecule has 0 aliphatic carbocycles. The Labute approximate surface area is 106 Å². The van der Waals surface area contributed by atoms with E-state index in [1.54, 1.807) is 12.1 Å². The van der Waals surface area contributed by atoms with Crippen LogP contribution < -0.4 is 0 Å². The van der Waals surface area contributed by atoms with Crippen LogP contribution in [0.15, 0.2) is 18.2 Å². The first kappa shape index (κ1) is 12.6. The van der Waals surface area contributed by atoms with E-state index in [-0.39, 0.29) is 0 Å². The summed E-state index contributed by atoms with van der Waals surface area (Å²) in [5.74, 6) is -0.876. The molecule has 0 saturated carbocycles. The summed E-state index contributed by atoms with van der Waals surface area (Å²) >= 11 is 0. The van der Waals surface area contributed by atoms with Gasteiger partial charge in [-0.1, -0.05) is 6.07 Å². The normalized spacial score (nSPS) is 14.8. The van der Waals surface area contributed by atoms with Crippen molar-refractivity contribution in [3.05, 3.63) is 34.9 Å². The molecule has 0 spiro atoms. The summed E-state index contributed by atoms with van der Waals surface area (Å²) in [7, 11) is 0. The van der Waals surface area contributed by atoms with Crippen LogP contribution in [0.3, 0.4) is 0 Å². The molecule has 4 heteroatoms. The zero-order valence-electron chi connectivity index (χ0n) is 10.2. The predicted molar refractivity (Wildman–Crippen MR) is 67.2 cm³/mol. The molecule has 1 N–H and O–H groups in total. The number of nitriles is 1. The number of hydrogen-bond donors (Lipinski definition) is 1. The van der Waals surface area contributed by atoms with Crippen molar-refractivity contribution in [2.75, 3.05) is 13.1 Å². The SMILES string of the molecule is N#CCCCN1CCc2ccc(C(=O)O)cc2C1. The Morgan fingerprint density at radius 2 is 2.28 bits per heavy atom. The highest BCUT2D eigenvalue weighted by Gasteiger charge is 2.17. The lowest BCUT2D eigenvalue weighted by Gasteiger charge is -2.28. The third-order valence-electron chi connectivity index (χ3n) is 3.31. The Hall–Kier alpha value is -1.86. The van der Waals surface area contributed by atoms with E-state index in [0.29, 0.717) is 12.0 Å². The van der Waals surface area contributed by atoms with Crippen molar-refractivity contribution in [1.29, 1.82) is 5.26 Å². The smallest absolute Gasteiger partial charge is 0.335 e. The monoisotopic (exact) mass is 244 g/mol. The number of hydrogen-bond acceptors (Lipinski definition) is 3. The number of benzene rings is 1. The second kappa shape index (κ2) is 5.65. The van der Waals surface area contributed by atoms with E-state index in [1.165, 1.54) is 5.56 Å². The molecule has 94 valence electrons. The predicted octanol–water partition coefficient (Wildman–Crippen LogP) is 2.05. The number of rotatable bonds is 4. The van der Waals surface area contributed by atoms with Gasteiger partial charge in [-0.2, -0.15) is 5.26 Å². The summed E-state index contributed by atoms with van der Waals surface area (Å²) in [6, 6.07) is 7.51. The Morgan fingerprint density at radius 3 is 3.00 bits per heavy atom. The standard InChI is InChI=1S/C14H16N2O2/c15-6-1-2-7-16-8-5-11-3-4-12(14(17)18)9-13(11)10-16/h3-4,9H,1-2,5,7-8,10H2,(H,17,18). The van der Waals surface area contributed by atoms with Crippen molar-refractivity contribution in [1.82, 2.24) is 4.90 Å². The zero-order valence-corrected chi connectivity index (χ0v) is 10.2. The van der Waals surface area contributed by atoms with Gasteiger partial charge < -0.3 is 5.11 Å². The molecule has 0 saturated heterocycles. The van der Waals surface area contributed by atoms with E-state index in [2.05, 4.69) is 11.0 Å². The van der Waals surface area contributed by atoms with Crippen molar-refractivity contribution in [3.63, 3.8) is 0 Å². The summed E-state index contributed by atoms with van der Waals surface area (Å²) in [5, 5.41) is 17.5. The number of carboxylic acid groups (broad SMARTS) is 1. The number of unbranched alkanes of at least 4 members (excludes halogenated alkanes) is 1. The van der Waals surface area contributed by atoms with Crippen LogP contribution in [-0.2, 0) is 13.0 Å². The number of aromatic carboxylic acids is 1. The average Bonchev–Trinajstić information content (AvgIpc) is 2.38. The minimum Gasteiger partial charge on any atom is -0.478 e. The Morgan fingerprint density at radius 1 is 1.44 bits per heavy atom. The van der Waals surface area contributed by atoms with Gasteiger partial charge in [-0.15, -0.1) is 0 Å². The maximum absolute atomic E-state index is 10.9. The highest BCUT2D eigenvalue weighted by atomic mass is 16.4. The highest BCUT2D eigenvalue weighted by Crippen LogP contribution is 2.20. The van der Waals surface area contributed by atoms with E-state index >= 15 is 0 Å². The molecular weight excluding hydrogens is 228 g/mol. The molecular formula is C14H16N2O2. The van der Waals surface area contributed by atoms with Crippen LogP contribution in [0.2, 0.25) is 0 Å². The molecule has 2 rings (SSSR count). The number of carbonyl (C=O) groups is 1. The molecule has 0 fully saturated rings. The van der Waals surface area contributed by atoms with Gasteiger partial charge in [-0.05, 0) is 42.6 Å². The van der Waals surface area contributed by atoms with Crippen LogP contribution in [-0.4, -0.2) is 29.1 Å². The fourth-order valence-corrected chi connectivity index (χ4v) is 2.32. The lowest BCUT2D eigenvalue weighted by molar-refractivity contribution is 0.0696. The molecule has 1 aromatic rings. The molecule has 0 unspecified atom stereocenters. The molecule has 18 heavy (non-hydrogen) atoms. The lowest BCUT2D eigenvalue weighted by Crippen LogP contribution is -2.31. The fraction of sp³-hybridized carbons (Fsp3) is 0.429. The van der Waals surface area contributed by atoms with Crippen molar-refractivity contribution >= 4 is 5.97 Å². The number of carboxylic acids is 1. The first-order valence-electron chi connectivity index (χ1n) is 6.15. The van der Waals surface area contributed by atoms with E-state index in [1.807, 2.05) is 6.07 Å². The van der Waals surface area contributed by atoms with E-state index < -0.39 is 5.97 Å². The Bertz CT molecular complexity index is 491. The fourth-order valence-electron chi connectivity index (χ4n) is 2.32. The summed E-state index contributed by atoms with van der Waals surface area (Å²) in [5.41, 5.74) is 2.71. The maximum Gasteiger partial charge on any atom is 0.335 e. The van der Waals surface area contributed by atoms with Gasteiger partial charge in [0.25, 0.3) is 0 Å². The van der Waals surface area contributed by atoms with Crippen LogP contribution in [0.5, 0.6) is 0 Å². The van der Waals surface area contributed by atoms with Crippen molar-refractivity contribution in [3.8, 4) is 6.07 Å². The zero-order chi connectivity index (χ0) is 13.0. The molecule has 1 heterocycles. The van der Waals surface area contributed by atoms with Gasteiger partial charge in [0.15, 0.2) is 0 Å². The van der Waals surface area contributed by atoms with Crippen LogP contribution in [0.4, 0.5) is 0 Å². The van der Waals surface area contributed by atoms with Crippen molar-refractivity contribution in [2.24, 2.45) is 0 Å². The quantitative estimate of drug-likeness (QED) is 0.823. The van der Waals surface area contributed by atoms with Gasteiger partial charge in [-0.25, -0.2) is 4.79 Å². The molecule has 4 nitrogen and oxygen atoms in total. The largest absolute Gasteiger partial charge is 0.478 e. The van der Waals surface area contributed by atoms with Gasteiger partial charge in [0.05, 0.1) is 11.6 Å². The van der Waals surface area contributed by atoms with Crippen LogP contribution in [0.25, 0.3) is 0 Å². The third-order valence-corrected chi connectivity index (χ3v) is 3.31. The average molecular weight is 244 g/mol. The minimum absolute atomic E-state index is 0.354. The maximum atomic E-state index is 10.9. The first-order valence-corrected chi connectivity index (χ1v) is 6.15. The van der Waals surface area contributed by atoms with E-state index in [4.69, 9.17) is 10.4 Å². The van der Waals surface area contributed by atoms with Crippen LogP contribution in [0.1, 0.15) is 34.3 Å². The van der Waals surface area contributed by atoms with Gasteiger partial charge >= 0.3 is 5.97 Å². The second-order valence-electron chi connectivity index (χ2n) is 4.58. The van der Waals surface area contributed by atoms with Gasteiger partial charge in [0, 0.05) is 19.5 Å². The topological polar surface area (TPSA) is 64.3 Å². The summed E-state index contributed by atoms with van der Waals surface area (Å²) in [6.45, 7) is 2.69. The third kappa shape index (κ3) is 2.88. The number of nitrogens with zero attached hydrogens (tertiary/aromatic N) is 2. The second-order valence-corrected chi connectivity index (χ2v) is 4.58. The Balaban J connectivity index is 2.05. The Kier molecular flexibility index (Phi) is 3.96. The van der Waals surface area contributed by atoms with Gasteiger partial charge in [0.2, 0.25) is 0 Å². The van der Waals surface area contributed by atoms with E-state index in [9.17, 15) is 4.79 Å². The molecule has 0 bridgehead atoms. The summed E-state index contributed by atoms with van der Waals surface area (Å²) in [6.07, 6.45) is 2.42. The lowest BCUT2D eigenvalue weighted by atomic mass is 9.97. The molecule has 0 amide bonds. The van der Waals surface area contributed by atoms with E-state index in [0.717, 1.165) is 38.0 Å². The molecule has 1 aliphatic heterocycles. The molecule has 0 aromatic heterocycles. The van der Waals surface area contributed by atoms with Crippen molar-refractivity contribution in [2.45, 2.75) is 25.8 Å². The van der Waals surface area contributed by atoms with Crippen LogP contribution >= 0.6 is 0 Å². The molecule has 1 aromatic carbocycles. The van der Waals surface area contributed by atoms with Crippen molar-refractivity contribution < 1.29 is 9.90 Å². The summed E-state index contributed by atoms with van der Waals surface area (Å²) < 4.78 is 0. The first-order chi connectivity index (χ1) is 8.70. The number of fused-ring (bicyclic) bond motifs is 1. The molecule has 1 aliphatic rings. The summed E-state index contributed by atoms with van der Waals surface area (Å²) in [4.78, 5) is 13.2. The minimum atomic E-state index is -0.876.